The Hall–Kier alpha value is -3.12. The third-order valence-corrected chi connectivity index (χ3v) is 5.13. The second kappa shape index (κ2) is 7.13. The molecule has 2 heterocycles. The molecule has 2 aliphatic heterocycles. The molecular formula is C22H22FN3O2. The summed E-state index contributed by atoms with van der Waals surface area (Å²) in [6.07, 6.45) is 4.96. The summed E-state index contributed by atoms with van der Waals surface area (Å²) in [6.45, 7) is 3.67. The van der Waals surface area contributed by atoms with Gasteiger partial charge in [-0.2, -0.15) is 0 Å². The molecule has 3 atom stereocenters. The van der Waals surface area contributed by atoms with E-state index in [2.05, 4.69) is 10.6 Å². The Balaban J connectivity index is 1.82. The van der Waals surface area contributed by atoms with Gasteiger partial charge in [0.15, 0.2) is 6.23 Å². The van der Waals surface area contributed by atoms with Gasteiger partial charge in [0.2, 0.25) is 0 Å². The highest BCUT2D eigenvalue weighted by atomic mass is 19.1. The summed E-state index contributed by atoms with van der Waals surface area (Å²) in [5.41, 5.74) is 11.1. The lowest BCUT2D eigenvalue weighted by molar-refractivity contribution is 0.108. The van der Waals surface area contributed by atoms with Crippen LogP contribution in [0.15, 0.2) is 48.6 Å². The van der Waals surface area contributed by atoms with Crippen molar-refractivity contribution in [3.63, 3.8) is 0 Å². The molecule has 0 spiro atoms. The number of fused-ring (bicyclic) bond motifs is 1. The van der Waals surface area contributed by atoms with E-state index in [0.717, 1.165) is 22.3 Å². The smallest absolute Gasteiger partial charge is 0.409 e. The highest BCUT2D eigenvalue weighted by Gasteiger charge is 2.39. The predicted octanol–water partition coefficient (Wildman–Crippen LogP) is 3.91. The van der Waals surface area contributed by atoms with Gasteiger partial charge in [0.05, 0.1) is 6.04 Å². The number of amides is 1. The Morgan fingerprint density at radius 3 is 2.79 bits per heavy atom. The van der Waals surface area contributed by atoms with E-state index in [-0.39, 0.29) is 17.9 Å². The lowest BCUT2D eigenvalue weighted by Gasteiger charge is -2.32. The molecule has 3 unspecified atom stereocenters. The van der Waals surface area contributed by atoms with Gasteiger partial charge in [0, 0.05) is 5.69 Å². The van der Waals surface area contributed by atoms with Crippen molar-refractivity contribution in [2.45, 2.75) is 32.2 Å². The minimum absolute atomic E-state index is 0.250. The molecule has 0 bridgehead atoms. The van der Waals surface area contributed by atoms with Crippen LogP contribution in [0.1, 0.15) is 35.2 Å². The number of carbonyl (C=O) groups is 1. The van der Waals surface area contributed by atoms with Crippen LogP contribution in [0, 0.1) is 12.7 Å². The van der Waals surface area contributed by atoms with Crippen molar-refractivity contribution in [3.05, 3.63) is 76.6 Å². The van der Waals surface area contributed by atoms with Crippen LogP contribution in [-0.2, 0) is 4.74 Å². The summed E-state index contributed by atoms with van der Waals surface area (Å²) in [6, 6.07) is 10.3. The summed E-state index contributed by atoms with van der Waals surface area (Å²) in [5, 5.41) is 6.18. The minimum atomic E-state index is -0.476. The number of halogens is 1. The zero-order valence-electron chi connectivity index (χ0n) is 15.7. The molecule has 0 aliphatic carbocycles. The molecule has 0 radical (unpaired) electrons. The number of benzene rings is 2. The predicted molar refractivity (Wildman–Crippen MR) is 108 cm³/mol. The first kappa shape index (κ1) is 18.3. The number of ether oxygens (including phenoxy) is 1. The standard InChI is InChI=1S/C22H22FN3O2/c1-3-4-14-10-13(6-8-18(14)24)16-11-19-21(28-22(27)25-19)26-20(16)15-5-7-17(23)12(2)9-15/h3-11,19-21,26H,24H2,1-2H3,(H,25,27)/b4-3-. The molecular weight excluding hydrogens is 357 g/mol. The molecule has 6 heteroatoms. The van der Waals surface area contributed by atoms with Crippen LogP contribution in [0.2, 0.25) is 0 Å². The van der Waals surface area contributed by atoms with Crippen molar-refractivity contribution in [1.29, 1.82) is 0 Å². The number of allylic oxidation sites excluding steroid dienone is 1. The molecule has 2 aromatic rings. The van der Waals surface area contributed by atoms with Gasteiger partial charge in [-0.05, 0) is 59.9 Å². The van der Waals surface area contributed by atoms with E-state index < -0.39 is 12.3 Å². The average Bonchev–Trinajstić information content (AvgIpc) is 3.04. The van der Waals surface area contributed by atoms with Gasteiger partial charge in [-0.1, -0.05) is 36.4 Å². The van der Waals surface area contributed by atoms with Crippen LogP contribution >= 0.6 is 0 Å². The number of nitrogens with one attached hydrogen (secondary N) is 2. The molecule has 2 aliphatic rings. The molecule has 0 aromatic heterocycles. The normalized spacial score (nSPS) is 23.9. The first-order valence-electron chi connectivity index (χ1n) is 9.20. The van der Waals surface area contributed by atoms with Crippen LogP contribution in [0.4, 0.5) is 14.9 Å². The largest absolute Gasteiger partial charge is 0.428 e. The van der Waals surface area contributed by atoms with E-state index in [1.807, 2.05) is 49.4 Å². The number of rotatable bonds is 3. The van der Waals surface area contributed by atoms with Crippen molar-refractivity contribution in [3.8, 4) is 0 Å². The minimum Gasteiger partial charge on any atom is -0.428 e. The number of hydrogen-bond donors (Lipinski definition) is 3. The van der Waals surface area contributed by atoms with Crippen molar-refractivity contribution in [1.82, 2.24) is 10.6 Å². The van der Waals surface area contributed by atoms with Gasteiger partial charge in [-0.15, -0.1) is 0 Å². The number of anilines is 1. The second-order valence-corrected chi connectivity index (χ2v) is 7.07. The molecule has 5 nitrogen and oxygen atoms in total. The maximum absolute atomic E-state index is 13.8. The second-order valence-electron chi connectivity index (χ2n) is 7.07. The van der Waals surface area contributed by atoms with Gasteiger partial charge in [0.1, 0.15) is 11.9 Å². The summed E-state index contributed by atoms with van der Waals surface area (Å²) in [4.78, 5) is 11.7. The Kier molecular flexibility index (Phi) is 4.65. The van der Waals surface area contributed by atoms with Crippen LogP contribution < -0.4 is 16.4 Å². The molecule has 144 valence electrons. The Labute approximate surface area is 163 Å². The van der Waals surface area contributed by atoms with Crippen LogP contribution in [0.3, 0.4) is 0 Å². The number of hydrogen-bond acceptors (Lipinski definition) is 4. The van der Waals surface area contributed by atoms with E-state index in [9.17, 15) is 9.18 Å². The lowest BCUT2D eigenvalue weighted by atomic mass is 9.86. The quantitative estimate of drug-likeness (QED) is 0.707. The first-order chi connectivity index (χ1) is 13.5. The number of nitrogens with two attached hydrogens (primary N) is 1. The molecule has 1 saturated heterocycles. The Morgan fingerprint density at radius 1 is 1.21 bits per heavy atom. The van der Waals surface area contributed by atoms with E-state index in [1.165, 1.54) is 6.07 Å². The van der Waals surface area contributed by atoms with Gasteiger partial charge in [0.25, 0.3) is 0 Å². The fourth-order valence-corrected chi connectivity index (χ4v) is 3.71. The zero-order valence-corrected chi connectivity index (χ0v) is 15.7. The van der Waals surface area contributed by atoms with Crippen LogP contribution in [0.25, 0.3) is 11.6 Å². The average molecular weight is 379 g/mol. The van der Waals surface area contributed by atoms with Crippen molar-refractivity contribution in [2.24, 2.45) is 0 Å². The fraction of sp³-hybridized carbons (Fsp3) is 0.227. The fourth-order valence-electron chi connectivity index (χ4n) is 3.71. The number of alkyl carbamates (subject to hydrolysis) is 1. The topological polar surface area (TPSA) is 76.4 Å². The van der Waals surface area contributed by atoms with Crippen molar-refractivity contribution >= 4 is 23.4 Å². The Morgan fingerprint density at radius 2 is 2.04 bits per heavy atom. The SMILES string of the molecule is C/C=C\c1cc(C2=CC3NC(=O)OC3NC2c2ccc(F)c(C)c2)ccc1N. The third-order valence-electron chi connectivity index (χ3n) is 5.13. The summed E-state index contributed by atoms with van der Waals surface area (Å²) in [5.74, 6) is -0.250. The lowest BCUT2D eigenvalue weighted by Crippen LogP contribution is -2.46. The Bertz CT molecular complexity index is 999. The van der Waals surface area contributed by atoms with Gasteiger partial charge < -0.3 is 15.8 Å². The first-order valence-corrected chi connectivity index (χ1v) is 9.20. The van der Waals surface area contributed by atoms with Crippen molar-refractivity contribution in [2.75, 3.05) is 5.73 Å². The summed E-state index contributed by atoms with van der Waals surface area (Å²) >= 11 is 0. The van der Waals surface area contributed by atoms with E-state index in [4.69, 9.17) is 10.5 Å². The van der Waals surface area contributed by atoms with Crippen LogP contribution in [-0.4, -0.2) is 18.4 Å². The number of nitrogen functional groups attached to an aromatic ring is 1. The molecule has 0 saturated carbocycles. The molecule has 4 N–H and O–H groups in total. The maximum atomic E-state index is 13.8. The molecule has 2 aromatic carbocycles. The molecule has 1 fully saturated rings. The monoisotopic (exact) mass is 379 g/mol. The molecule has 1 amide bonds. The molecule has 28 heavy (non-hydrogen) atoms. The third kappa shape index (κ3) is 3.27. The van der Waals surface area contributed by atoms with Crippen LogP contribution in [0.5, 0.6) is 0 Å². The number of carbonyl (C=O) groups excluding carboxylic acids is 1. The summed E-state index contributed by atoms with van der Waals surface area (Å²) in [7, 11) is 0. The van der Waals surface area contributed by atoms with Crippen molar-refractivity contribution < 1.29 is 13.9 Å². The molecule has 4 rings (SSSR count). The summed E-state index contributed by atoms with van der Waals surface area (Å²) < 4.78 is 19.1. The number of aryl methyl sites for hydroxylation is 1. The maximum Gasteiger partial charge on any atom is 0.409 e. The van der Waals surface area contributed by atoms with E-state index in [0.29, 0.717) is 11.3 Å². The van der Waals surface area contributed by atoms with E-state index in [1.54, 1.807) is 13.0 Å². The van der Waals surface area contributed by atoms with Gasteiger partial charge >= 0.3 is 6.09 Å². The highest BCUT2D eigenvalue weighted by Crippen LogP contribution is 2.37. The van der Waals surface area contributed by atoms with E-state index >= 15 is 0 Å². The van der Waals surface area contributed by atoms with Gasteiger partial charge in [-0.25, -0.2) is 9.18 Å². The highest BCUT2D eigenvalue weighted by molar-refractivity contribution is 5.79. The zero-order chi connectivity index (χ0) is 19.8. The van der Waals surface area contributed by atoms with Gasteiger partial charge in [-0.3, -0.25) is 5.32 Å².